The lowest BCUT2D eigenvalue weighted by molar-refractivity contribution is 0.626. The van der Waals surface area contributed by atoms with Crippen LogP contribution in [0.25, 0.3) is 0 Å². The predicted molar refractivity (Wildman–Crippen MR) is 105 cm³/mol. The molecule has 1 N–H and O–H groups in total. The first-order valence-corrected chi connectivity index (χ1v) is 10.7. The summed E-state index contributed by atoms with van der Waals surface area (Å²) < 4.78 is 1.19. The van der Waals surface area contributed by atoms with Gasteiger partial charge in [-0.2, -0.15) is 11.8 Å². The van der Waals surface area contributed by atoms with E-state index in [-0.39, 0.29) is 0 Å². The summed E-state index contributed by atoms with van der Waals surface area (Å²) in [6.45, 7) is 9.82. The Balaban J connectivity index is 2.37. The van der Waals surface area contributed by atoms with Crippen molar-refractivity contribution in [2.45, 2.75) is 44.6 Å². The second kappa shape index (κ2) is 8.24. The molecule has 3 nitrogen and oxygen atoms in total. The van der Waals surface area contributed by atoms with Gasteiger partial charge in [0, 0.05) is 23.3 Å². The van der Waals surface area contributed by atoms with Gasteiger partial charge in [0.1, 0.15) is 11.6 Å². The smallest absolute Gasteiger partial charge is 0.145 e. The normalized spacial score (nSPS) is 22.6. The van der Waals surface area contributed by atoms with Crippen LogP contribution in [-0.2, 0) is 6.42 Å². The van der Waals surface area contributed by atoms with Gasteiger partial charge in [-0.25, -0.2) is 9.97 Å². The number of halogens is 1. The fourth-order valence-corrected chi connectivity index (χ4v) is 5.70. The molecule has 1 aliphatic rings. The molecule has 1 aliphatic heterocycles. The molecule has 2 unspecified atom stereocenters. The molecule has 6 heteroatoms. The minimum Gasteiger partial charge on any atom is -0.369 e. The van der Waals surface area contributed by atoms with Gasteiger partial charge in [0.05, 0.1) is 14.5 Å². The first-order valence-electron chi connectivity index (χ1n) is 7.56. The Morgan fingerprint density at radius 2 is 2.00 bits per heavy atom. The van der Waals surface area contributed by atoms with Gasteiger partial charge in [0.25, 0.3) is 0 Å². The van der Waals surface area contributed by atoms with Crippen LogP contribution in [0.1, 0.15) is 44.5 Å². The molecule has 0 aromatic carbocycles. The number of aromatic nitrogens is 2. The van der Waals surface area contributed by atoms with Crippen molar-refractivity contribution in [1.82, 2.24) is 9.97 Å². The lowest BCUT2D eigenvalue weighted by Gasteiger charge is -2.27. The molecule has 1 aromatic rings. The summed E-state index contributed by atoms with van der Waals surface area (Å²) in [7, 11) is 0. The molecule has 0 radical (unpaired) electrons. The lowest BCUT2D eigenvalue weighted by Crippen LogP contribution is -2.20. The van der Waals surface area contributed by atoms with Crippen molar-refractivity contribution in [2.75, 3.05) is 23.4 Å². The molecular weight excluding hydrogens is 413 g/mol. The van der Waals surface area contributed by atoms with Crippen LogP contribution < -0.4 is 5.32 Å². The number of anilines is 1. The van der Waals surface area contributed by atoms with Crippen molar-refractivity contribution >= 4 is 51.9 Å². The van der Waals surface area contributed by atoms with E-state index in [2.05, 4.69) is 55.6 Å². The highest BCUT2D eigenvalue weighted by atomic mass is 127. The molecule has 1 fully saturated rings. The third kappa shape index (κ3) is 4.64. The third-order valence-corrected chi connectivity index (χ3v) is 7.55. The fourth-order valence-electron chi connectivity index (χ4n) is 2.36. The molecule has 0 saturated carbocycles. The summed E-state index contributed by atoms with van der Waals surface area (Å²) in [6.07, 6.45) is 1.02. The number of hydrogen-bond acceptors (Lipinski definition) is 5. The number of nitrogens with one attached hydrogen (secondary N) is 1. The zero-order valence-corrected chi connectivity index (χ0v) is 16.9. The largest absolute Gasteiger partial charge is 0.369 e. The Bertz CT molecular complexity index is 482. The summed E-state index contributed by atoms with van der Waals surface area (Å²) in [4.78, 5) is 9.78. The molecule has 0 spiro atoms. The van der Waals surface area contributed by atoms with Gasteiger partial charge in [0.15, 0.2) is 0 Å². The molecule has 0 aliphatic carbocycles. The van der Waals surface area contributed by atoms with Gasteiger partial charge in [-0.05, 0) is 41.9 Å². The Kier molecular flexibility index (Phi) is 6.93. The minimum absolute atomic E-state index is 0.420. The number of rotatable bonds is 5. The molecule has 0 bridgehead atoms. The first kappa shape index (κ1) is 17.7. The molecule has 0 amide bonds. The van der Waals surface area contributed by atoms with E-state index in [9.17, 15) is 0 Å². The average molecular weight is 437 g/mol. The maximum absolute atomic E-state index is 4.94. The highest BCUT2D eigenvalue weighted by molar-refractivity contribution is 14.1. The first-order chi connectivity index (χ1) is 10.0. The quantitative estimate of drug-likeness (QED) is 0.681. The molecule has 2 heterocycles. The number of thioether (sulfide) groups is 2. The van der Waals surface area contributed by atoms with Gasteiger partial charge < -0.3 is 5.32 Å². The minimum atomic E-state index is 0.420. The number of nitrogens with zero attached hydrogens (tertiary/aromatic N) is 2. The van der Waals surface area contributed by atoms with Crippen molar-refractivity contribution in [1.29, 1.82) is 0 Å². The molecule has 2 atom stereocenters. The lowest BCUT2D eigenvalue weighted by atomic mass is 10.1. The zero-order valence-electron chi connectivity index (χ0n) is 13.1. The van der Waals surface area contributed by atoms with E-state index in [1.54, 1.807) is 0 Å². The van der Waals surface area contributed by atoms with Crippen LogP contribution in [0.15, 0.2) is 0 Å². The van der Waals surface area contributed by atoms with E-state index >= 15 is 0 Å². The van der Waals surface area contributed by atoms with E-state index in [1.807, 2.05) is 23.5 Å². The van der Waals surface area contributed by atoms with E-state index in [0.29, 0.717) is 16.4 Å². The molecule has 1 aromatic heterocycles. The van der Waals surface area contributed by atoms with Crippen molar-refractivity contribution in [3.05, 3.63) is 15.1 Å². The zero-order chi connectivity index (χ0) is 15.4. The predicted octanol–water partition coefficient (Wildman–Crippen LogP) is 4.62. The van der Waals surface area contributed by atoms with E-state index in [4.69, 9.17) is 9.97 Å². The Morgan fingerprint density at radius 1 is 1.29 bits per heavy atom. The van der Waals surface area contributed by atoms with Gasteiger partial charge in [-0.3, -0.25) is 0 Å². The summed E-state index contributed by atoms with van der Waals surface area (Å²) in [5, 5.41) is 4.42. The third-order valence-electron chi connectivity index (χ3n) is 3.33. The molecular formula is C15H24IN3S2. The topological polar surface area (TPSA) is 37.8 Å². The monoisotopic (exact) mass is 437 g/mol. The summed E-state index contributed by atoms with van der Waals surface area (Å²) in [5.41, 5.74) is 1.20. The van der Waals surface area contributed by atoms with Gasteiger partial charge >= 0.3 is 0 Å². The van der Waals surface area contributed by atoms with Crippen molar-refractivity contribution in [2.24, 2.45) is 5.92 Å². The van der Waals surface area contributed by atoms with Crippen LogP contribution in [0.5, 0.6) is 0 Å². The SMILES string of the molecule is CCNc1nc(C2SCCSC2C)nc(CC(C)C)c1I. The Labute approximate surface area is 150 Å². The van der Waals surface area contributed by atoms with Crippen molar-refractivity contribution in [3.8, 4) is 0 Å². The molecule has 1 saturated heterocycles. The van der Waals surface area contributed by atoms with Crippen LogP contribution in [0.4, 0.5) is 5.82 Å². The fraction of sp³-hybridized carbons (Fsp3) is 0.733. The maximum Gasteiger partial charge on any atom is 0.145 e. The van der Waals surface area contributed by atoms with Crippen molar-refractivity contribution in [3.63, 3.8) is 0 Å². The van der Waals surface area contributed by atoms with Crippen LogP contribution in [0.2, 0.25) is 0 Å². The highest BCUT2D eigenvalue weighted by Crippen LogP contribution is 2.41. The maximum atomic E-state index is 4.94. The van der Waals surface area contributed by atoms with Gasteiger partial charge in [-0.1, -0.05) is 20.8 Å². The van der Waals surface area contributed by atoms with Gasteiger partial charge in [0.2, 0.25) is 0 Å². The van der Waals surface area contributed by atoms with Gasteiger partial charge in [-0.15, -0.1) is 11.8 Å². The van der Waals surface area contributed by atoms with E-state index in [0.717, 1.165) is 24.6 Å². The highest BCUT2D eigenvalue weighted by Gasteiger charge is 2.28. The van der Waals surface area contributed by atoms with E-state index in [1.165, 1.54) is 20.8 Å². The van der Waals surface area contributed by atoms with Crippen LogP contribution in [0.3, 0.4) is 0 Å². The Hall–Kier alpha value is 0.310. The second-order valence-electron chi connectivity index (χ2n) is 5.69. The van der Waals surface area contributed by atoms with E-state index < -0.39 is 0 Å². The summed E-state index contributed by atoms with van der Waals surface area (Å²) in [6, 6.07) is 0. The molecule has 2 rings (SSSR count). The standard InChI is InChI=1S/C15H24IN3S2/c1-5-17-14-12(16)11(8-9(2)3)18-15(19-14)13-10(4)20-6-7-21-13/h9-10,13H,5-8H2,1-4H3,(H,17,18,19). The summed E-state index contributed by atoms with van der Waals surface area (Å²) in [5.74, 6) is 5.09. The van der Waals surface area contributed by atoms with Crippen LogP contribution in [-0.4, -0.2) is 33.3 Å². The second-order valence-corrected chi connectivity index (χ2v) is 9.50. The molecule has 21 heavy (non-hydrogen) atoms. The van der Waals surface area contributed by atoms with Crippen molar-refractivity contribution < 1.29 is 0 Å². The summed E-state index contributed by atoms with van der Waals surface area (Å²) >= 11 is 6.44. The van der Waals surface area contributed by atoms with Crippen LogP contribution >= 0.6 is 46.1 Å². The number of hydrogen-bond donors (Lipinski definition) is 1. The Morgan fingerprint density at radius 3 is 2.62 bits per heavy atom. The molecule has 118 valence electrons. The average Bonchev–Trinajstić information content (AvgIpc) is 2.43. The van der Waals surface area contributed by atoms with Crippen LogP contribution in [0, 0.1) is 9.49 Å².